The molecule has 2 saturated carbocycles. The Morgan fingerprint density at radius 1 is 0.852 bits per heavy atom. The van der Waals surface area contributed by atoms with Gasteiger partial charge in [0.05, 0.1) is 0 Å². The largest absolute Gasteiger partial charge is 0.299 e. The summed E-state index contributed by atoms with van der Waals surface area (Å²) in [5, 5.41) is 0. The van der Waals surface area contributed by atoms with Crippen LogP contribution in [0.3, 0.4) is 0 Å². The SMILES string of the molecule is CCC1(C)CC(C)(C(=O)CCCC2(C)CCCCCC2=O)CCCCC1=O. The molecule has 0 aromatic rings. The van der Waals surface area contributed by atoms with Crippen LogP contribution in [0.2, 0.25) is 0 Å². The van der Waals surface area contributed by atoms with Crippen LogP contribution in [0.15, 0.2) is 0 Å². The van der Waals surface area contributed by atoms with Gasteiger partial charge in [0.2, 0.25) is 0 Å². The Hall–Kier alpha value is -0.990. The van der Waals surface area contributed by atoms with Crippen LogP contribution < -0.4 is 0 Å². The number of rotatable bonds is 6. The lowest BCUT2D eigenvalue weighted by Gasteiger charge is -2.39. The Kier molecular flexibility index (Phi) is 7.44. The van der Waals surface area contributed by atoms with E-state index in [2.05, 4.69) is 27.7 Å². The van der Waals surface area contributed by atoms with E-state index in [4.69, 9.17) is 0 Å². The Morgan fingerprint density at radius 2 is 1.44 bits per heavy atom. The molecule has 0 N–H and O–H groups in total. The molecular weight excluding hydrogens is 336 g/mol. The van der Waals surface area contributed by atoms with E-state index in [1.165, 1.54) is 0 Å². The van der Waals surface area contributed by atoms with E-state index < -0.39 is 5.41 Å². The van der Waals surface area contributed by atoms with Gasteiger partial charge in [0, 0.05) is 35.5 Å². The molecule has 2 fully saturated rings. The highest BCUT2D eigenvalue weighted by Crippen LogP contribution is 2.45. The summed E-state index contributed by atoms with van der Waals surface area (Å²) in [5.74, 6) is 1.04. The van der Waals surface area contributed by atoms with Gasteiger partial charge in [0.1, 0.15) is 17.3 Å². The van der Waals surface area contributed by atoms with Gasteiger partial charge in [-0.1, -0.05) is 47.0 Å². The number of Topliss-reactive ketones (excluding diaryl/α,β-unsaturated/α-hetero) is 3. The van der Waals surface area contributed by atoms with Crippen LogP contribution in [0.1, 0.15) is 118 Å². The van der Waals surface area contributed by atoms with Gasteiger partial charge in [-0.05, 0) is 51.4 Å². The number of ketones is 3. The predicted octanol–water partition coefficient (Wildman–Crippen LogP) is 6.22. The standard InChI is InChI=1S/C24H40O3/c1-5-22(2)18-24(4,16-10-8-13-19(22)25)21(27)14-11-17-23(3)15-9-6-7-12-20(23)26/h5-18H2,1-4H3. The summed E-state index contributed by atoms with van der Waals surface area (Å²) in [6.45, 7) is 8.32. The van der Waals surface area contributed by atoms with Gasteiger partial charge in [-0.15, -0.1) is 0 Å². The number of carbonyl (C=O) groups excluding carboxylic acids is 3. The maximum absolute atomic E-state index is 13.2. The fraction of sp³-hybridized carbons (Fsp3) is 0.875. The van der Waals surface area contributed by atoms with E-state index in [9.17, 15) is 14.4 Å². The summed E-state index contributed by atoms with van der Waals surface area (Å²) < 4.78 is 0. The van der Waals surface area contributed by atoms with Crippen molar-refractivity contribution < 1.29 is 14.4 Å². The summed E-state index contributed by atoms with van der Waals surface area (Å²) in [5.41, 5.74) is -0.990. The molecule has 0 heterocycles. The Bertz CT molecular complexity index is 566. The van der Waals surface area contributed by atoms with Crippen LogP contribution in [0.25, 0.3) is 0 Å². The van der Waals surface area contributed by atoms with Crippen molar-refractivity contribution in [2.75, 3.05) is 0 Å². The minimum absolute atomic E-state index is 0.230. The fourth-order valence-electron chi connectivity index (χ4n) is 5.33. The van der Waals surface area contributed by atoms with Crippen molar-refractivity contribution >= 4 is 17.3 Å². The topological polar surface area (TPSA) is 51.2 Å². The van der Waals surface area contributed by atoms with Crippen molar-refractivity contribution in [1.29, 1.82) is 0 Å². The summed E-state index contributed by atoms with van der Waals surface area (Å²) in [6.07, 6.45) is 12.1. The van der Waals surface area contributed by atoms with Crippen molar-refractivity contribution in [1.82, 2.24) is 0 Å². The lowest BCUT2D eigenvalue weighted by molar-refractivity contribution is -0.137. The first-order valence-electron chi connectivity index (χ1n) is 11.3. The third-order valence-electron chi connectivity index (χ3n) is 7.73. The first kappa shape index (κ1) is 22.3. The van der Waals surface area contributed by atoms with Gasteiger partial charge in [0.15, 0.2) is 0 Å². The molecule has 27 heavy (non-hydrogen) atoms. The van der Waals surface area contributed by atoms with Crippen molar-refractivity contribution in [3.63, 3.8) is 0 Å². The number of carbonyl (C=O) groups is 3. The molecule has 0 saturated heterocycles. The number of hydrogen-bond donors (Lipinski definition) is 0. The Labute approximate surface area is 166 Å². The lowest BCUT2D eigenvalue weighted by atomic mass is 9.63. The van der Waals surface area contributed by atoms with Crippen LogP contribution in [0, 0.1) is 16.2 Å². The van der Waals surface area contributed by atoms with Gasteiger partial charge in [-0.3, -0.25) is 14.4 Å². The van der Waals surface area contributed by atoms with Gasteiger partial charge in [-0.25, -0.2) is 0 Å². The maximum atomic E-state index is 13.2. The van der Waals surface area contributed by atoms with Crippen molar-refractivity contribution in [3.05, 3.63) is 0 Å². The fourth-order valence-corrected chi connectivity index (χ4v) is 5.33. The predicted molar refractivity (Wildman–Crippen MR) is 110 cm³/mol. The van der Waals surface area contributed by atoms with Crippen LogP contribution in [-0.4, -0.2) is 17.3 Å². The Balaban J connectivity index is 2.00. The zero-order chi connectivity index (χ0) is 20.1. The molecule has 0 spiro atoms. The van der Waals surface area contributed by atoms with E-state index in [-0.39, 0.29) is 10.8 Å². The summed E-state index contributed by atoms with van der Waals surface area (Å²) >= 11 is 0. The summed E-state index contributed by atoms with van der Waals surface area (Å²) in [6, 6.07) is 0. The van der Waals surface area contributed by atoms with Crippen LogP contribution in [0.4, 0.5) is 0 Å². The molecule has 2 aliphatic rings. The van der Waals surface area contributed by atoms with Crippen molar-refractivity contribution in [3.8, 4) is 0 Å². The highest BCUT2D eigenvalue weighted by Gasteiger charge is 2.43. The third kappa shape index (κ3) is 5.29. The van der Waals surface area contributed by atoms with Crippen molar-refractivity contribution in [2.45, 2.75) is 118 Å². The average molecular weight is 377 g/mol. The van der Waals surface area contributed by atoms with E-state index in [0.29, 0.717) is 43.0 Å². The second-order valence-electron chi connectivity index (χ2n) is 10.1. The van der Waals surface area contributed by atoms with E-state index in [0.717, 1.165) is 64.2 Å². The molecule has 2 rings (SSSR count). The molecular formula is C24H40O3. The minimum Gasteiger partial charge on any atom is -0.299 e. The second-order valence-corrected chi connectivity index (χ2v) is 10.1. The normalized spacial score (nSPS) is 36.0. The van der Waals surface area contributed by atoms with Crippen LogP contribution in [0.5, 0.6) is 0 Å². The van der Waals surface area contributed by atoms with Gasteiger partial charge < -0.3 is 0 Å². The summed E-state index contributed by atoms with van der Waals surface area (Å²) in [7, 11) is 0. The van der Waals surface area contributed by atoms with Gasteiger partial charge in [0.25, 0.3) is 0 Å². The molecule has 154 valence electrons. The molecule has 0 aromatic heterocycles. The zero-order valence-corrected chi connectivity index (χ0v) is 18.1. The second kappa shape index (κ2) is 9.01. The first-order chi connectivity index (χ1) is 12.7. The smallest absolute Gasteiger partial charge is 0.138 e. The highest BCUT2D eigenvalue weighted by atomic mass is 16.1. The van der Waals surface area contributed by atoms with E-state index in [1.807, 2.05) is 0 Å². The number of hydrogen-bond acceptors (Lipinski definition) is 3. The molecule has 0 radical (unpaired) electrons. The van der Waals surface area contributed by atoms with Gasteiger partial charge in [-0.2, -0.15) is 0 Å². The molecule has 0 amide bonds. The monoisotopic (exact) mass is 376 g/mol. The van der Waals surface area contributed by atoms with E-state index in [1.54, 1.807) is 0 Å². The quantitative estimate of drug-likeness (QED) is 0.517. The van der Waals surface area contributed by atoms with Gasteiger partial charge >= 0.3 is 0 Å². The van der Waals surface area contributed by atoms with Crippen molar-refractivity contribution in [2.24, 2.45) is 16.2 Å². The summed E-state index contributed by atoms with van der Waals surface area (Å²) in [4.78, 5) is 38.3. The average Bonchev–Trinajstić information content (AvgIpc) is 2.79. The molecule has 2 aliphatic carbocycles. The van der Waals surface area contributed by atoms with Crippen LogP contribution in [-0.2, 0) is 14.4 Å². The molecule has 3 unspecified atom stereocenters. The third-order valence-corrected chi connectivity index (χ3v) is 7.73. The first-order valence-corrected chi connectivity index (χ1v) is 11.3. The molecule has 0 aliphatic heterocycles. The minimum atomic E-state index is -0.394. The highest BCUT2D eigenvalue weighted by molar-refractivity contribution is 5.88. The Morgan fingerprint density at radius 3 is 2.11 bits per heavy atom. The molecule has 0 bridgehead atoms. The molecule has 3 heteroatoms. The lowest BCUT2D eigenvalue weighted by Crippen LogP contribution is -2.40. The zero-order valence-electron chi connectivity index (χ0n) is 18.1. The molecule has 0 aromatic carbocycles. The van der Waals surface area contributed by atoms with E-state index >= 15 is 0 Å². The van der Waals surface area contributed by atoms with Crippen LogP contribution >= 0.6 is 0 Å². The molecule has 3 nitrogen and oxygen atoms in total. The molecule has 3 atom stereocenters. The maximum Gasteiger partial charge on any atom is 0.138 e.